The van der Waals surface area contributed by atoms with Crippen LogP contribution in [-0.2, 0) is 9.53 Å². The number of pyridine rings is 1. The highest BCUT2D eigenvalue weighted by Gasteiger charge is 2.36. The third kappa shape index (κ3) is 2.73. The van der Waals surface area contributed by atoms with Gasteiger partial charge in [-0.15, -0.1) is 0 Å². The molecule has 1 unspecified atom stereocenters. The Balaban J connectivity index is 1.96. The molecular weight excluding hydrogens is 330 g/mol. The van der Waals surface area contributed by atoms with Gasteiger partial charge in [0.05, 0.1) is 17.9 Å². The van der Waals surface area contributed by atoms with Crippen LogP contribution in [0.1, 0.15) is 24.1 Å². The molecule has 3 heterocycles. The SMILES string of the molecule is CCOC(=O)C1=C(c2ccccc2)Nc2ncnn2C1c1ccncc1. The Hall–Kier alpha value is -3.48. The van der Waals surface area contributed by atoms with Crippen LogP contribution >= 0.6 is 0 Å². The van der Waals surface area contributed by atoms with Crippen LogP contribution in [0.4, 0.5) is 5.95 Å². The molecule has 0 radical (unpaired) electrons. The number of rotatable bonds is 4. The van der Waals surface area contributed by atoms with Crippen LogP contribution < -0.4 is 5.32 Å². The molecule has 1 aliphatic heterocycles. The number of hydrogen-bond donors (Lipinski definition) is 1. The minimum atomic E-state index is -0.453. The van der Waals surface area contributed by atoms with Gasteiger partial charge in [-0.1, -0.05) is 30.3 Å². The molecular formula is C19H17N5O2. The Kier molecular flexibility index (Phi) is 4.18. The van der Waals surface area contributed by atoms with Crippen LogP contribution in [0.3, 0.4) is 0 Å². The van der Waals surface area contributed by atoms with Crippen molar-refractivity contribution in [2.75, 3.05) is 11.9 Å². The Morgan fingerprint density at radius 1 is 1.19 bits per heavy atom. The minimum Gasteiger partial charge on any atom is -0.463 e. The van der Waals surface area contributed by atoms with Crippen molar-refractivity contribution in [2.24, 2.45) is 0 Å². The van der Waals surface area contributed by atoms with E-state index in [-0.39, 0.29) is 12.6 Å². The lowest BCUT2D eigenvalue weighted by Gasteiger charge is -2.29. The summed E-state index contributed by atoms with van der Waals surface area (Å²) in [6.45, 7) is 2.08. The third-order valence-electron chi connectivity index (χ3n) is 4.18. The van der Waals surface area contributed by atoms with Gasteiger partial charge in [0, 0.05) is 12.4 Å². The zero-order valence-corrected chi connectivity index (χ0v) is 14.2. The molecule has 7 nitrogen and oxygen atoms in total. The molecule has 2 aromatic heterocycles. The van der Waals surface area contributed by atoms with Crippen molar-refractivity contribution in [3.05, 3.63) is 77.9 Å². The van der Waals surface area contributed by atoms with Gasteiger partial charge in [0.25, 0.3) is 0 Å². The molecule has 1 aliphatic rings. The number of esters is 1. The number of carbonyl (C=O) groups is 1. The Morgan fingerprint density at radius 3 is 2.69 bits per heavy atom. The predicted octanol–water partition coefficient (Wildman–Crippen LogP) is 2.66. The fraction of sp³-hybridized carbons (Fsp3) is 0.158. The minimum absolute atomic E-state index is 0.289. The topological polar surface area (TPSA) is 81.9 Å². The molecule has 0 spiro atoms. The fourth-order valence-electron chi connectivity index (χ4n) is 3.08. The smallest absolute Gasteiger partial charge is 0.338 e. The number of anilines is 1. The summed E-state index contributed by atoms with van der Waals surface area (Å²) in [4.78, 5) is 21.3. The number of ether oxygens (including phenoxy) is 1. The molecule has 0 fully saturated rings. The van der Waals surface area contributed by atoms with Crippen molar-refractivity contribution < 1.29 is 9.53 Å². The molecule has 0 saturated heterocycles. The predicted molar refractivity (Wildman–Crippen MR) is 96.0 cm³/mol. The lowest BCUT2D eigenvalue weighted by molar-refractivity contribution is -0.138. The molecule has 130 valence electrons. The van der Waals surface area contributed by atoms with Gasteiger partial charge in [0.2, 0.25) is 5.95 Å². The summed E-state index contributed by atoms with van der Waals surface area (Å²) in [7, 11) is 0. The largest absolute Gasteiger partial charge is 0.463 e. The second kappa shape index (κ2) is 6.79. The van der Waals surface area contributed by atoms with E-state index in [2.05, 4.69) is 20.4 Å². The number of nitrogens with zero attached hydrogens (tertiary/aromatic N) is 4. The number of fused-ring (bicyclic) bond motifs is 1. The van der Waals surface area contributed by atoms with Crippen LogP contribution in [0.5, 0.6) is 0 Å². The van der Waals surface area contributed by atoms with E-state index in [4.69, 9.17) is 4.74 Å². The van der Waals surface area contributed by atoms with E-state index >= 15 is 0 Å². The lowest BCUT2D eigenvalue weighted by Crippen LogP contribution is -2.30. The first-order chi connectivity index (χ1) is 12.8. The average molecular weight is 347 g/mol. The molecule has 0 saturated carbocycles. The summed E-state index contributed by atoms with van der Waals surface area (Å²) in [6, 6.07) is 12.9. The standard InChI is InChI=1S/C19H17N5O2/c1-2-26-18(25)15-16(13-6-4-3-5-7-13)23-19-21-12-22-24(19)17(15)14-8-10-20-11-9-14/h3-12,17H,2H2,1H3,(H,21,22,23). The molecule has 1 N–H and O–H groups in total. The van der Waals surface area contributed by atoms with Gasteiger partial charge in [-0.05, 0) is 30.2 Å². The highest BCUT2D eigenvalue weighted by Crippen LogP contribution is 2.38. The number of carbonyl (C=O) groups excluding carboxylic acids is 1. The maximum Gasteiger partial charge on any atom is 0.338 e. The van der Waals surface area contributed by atoms with Crippen LogP contribution in [0.25, 0.3) is 5.70 Å². The van der Waals surface area contributed by atoms with E-state index in [9.17, 15) is 4.79 Å². The fourth-order valence-corrected chi connectivity index (χ4v) is 3.08. The van der Waals surface area contributed by atoms with Crippen molar-refractivity contribution in [3.8, 4) is 0 Å². The summed E-state index contributed by atoms with van der Waals surface area (Å²) < 4.78 is 7.05. The van der Waals surface area contributed by atoms with Crippen molar-refractivity contribution >= 4 is 17.6 Å². The summed E-state index contributed by atoms with van der Waals surface area (Å²) >= 11 is 0. The van der Waals surface area contributed by atoms with E-state index in [0.29, 0.717) is 17.2 Å². The molecule has 26 heavy (non-hydrogen) atoms. The first-order valence-corrected chi connectivity index (χ1v) is 8.32. The maximum atomic E-state index is 12.9. The van der Waals surface area contributed by atoms with E-state index in [1.54, 1.807) is 24.0 Å². The van der Waals surface area contributed by atoms with Crippen LogP contribution in [0.15, 0.2) is 66.8 Å². The second-order valence-corrected chi connectivity index (χ2v) is 5.71. The van der Waals surface area contributed by atoms with Crippen molar-refractivity contribution in [1.29, 1.82) is 0 Å². The first-order valence-electron chi connectivity index (χ1n) is 8.32. The quantitative estimate of drug-likeness (QED) is 0.731. The molecule has 0 amide bonds. The van der Waals surface area contributed by atoms with Gasteiger partial charge in [0.15, 0.2) is 0 Å². The van der Waals surface area contributed by atoms with Gasteiger partial charge in [0.1, 0.15) is 12.4 Å². The monoisotopic (exact) mass is 347 g/mol. The highest BCUT2D eigenvalue weighted by atomic mass is 16.5. The molecule has 7 heteroatoms. The van der Waals surface area contributed by atoms with E-state index in [0.717, 1.165) is 11.1 Å². The molecule has 0 bridgehead atoms. The zero-order valence-electron chi connectivity index (χ0n) is 14.2. The summed E-state index contributed by atoms with van der Waals surface area (Å²) in [6.07, 6.45) is 4.85. The van der Waals surface area contributed by atoms with Crippen molar-refractivity contribution in [2.45, 2.75) is 13.0 Å². The number of hydrogen-bond acceptors (Lipinski definition) is 6. The van der Waals surface area contributed by atoms with Gasteiger partial charge < -0.3 is 10.1 Å². The number of nitrogens with one attached hydrogen (secondary N) is 1. The first kappa shape index (κ1) is 16.0. The lowest BCUT2D eigenvalue weighted by atomic mass is 9.93. The molecule has 3 aromatic rings. The highest BCUT2D eigenvalue weighted by molar-refractivity contribution is 6.02. The van der Waals surface area contributed by atoms with E-state index in [1.165, 1.54) is 6.33 Å². The Morgan fingerprint density at radius 2 is 1.96 bits per heavy atom. The molecule has 0 aliphatic carbocycles. The van der Waals surface area contributed by atoms with Crippen LogP contribution in [0.2, 0.25) is 0 Å². The normalized spacial score (nSPS) is 16.0. The molecule has 1 atom stereocenters. The van der Waals surface area contributed by atoms with Crippen molar-refractivity contribution in [1.82, 2.24) is 19.7 Å². The number of benzene rings is 1. The second-order valence-electron chi connectivity index (χ2n) is 5.71. The molecule has 4 rings (SSSR count). The van der Waals surface area contributed by atoms with Gasteiger partial charge in [-0.2, -0.15) is 10.1 Å². The maximum absolute atomic E-state index is 12.9. The zero-order chi connectivity index (χ0) is 17.9. The van der Waals surface area contributed by atoms with Crippen molar-refractivity contribution in [3.63, 3.8) is 0 Å². The number of aromatic nitrogens is 4. The summed E-state index contributed by atoms with van der Waals surface area (Å²) in [5.41, 5.74) is 2.92. The van der Waals surface area contributed by atoms with Gasteiger partial charge in [-0.3, -0.25) is 4.98 Å². The Labute approximate surface area is 150 Å². The summed E-state index contributed by atoms with van der Waals surface area (Å²) in [5.74, 6) is 0.181. The van der Waals surface area contributed by atoms with E-state index in [1.807, 2.05) is 42.5 Å². The van der Waals surface area contributed by atoms with Gasteiger partial charge >= 0.3 is 5.97 Å². The Bertz CT molecular complexity index is 950. The van der Waals surface area contributed by atoms with Gasteiger partial charge in [-0.25, -0.2) is 9.48 Å². The van der Waals surface area contributed by atoms with E-state index < -0.39 is 6.04 Å². The average Bonchev–Trinajstić information content (AvgIpc) is 3.16. The van der Waals surface area contributed by atoms with Crippen LogP contribution in [0, 0.1) is 0 Å². The molecule has 1 aromatic carbocycles. The third-order valence-corrected chi connectivity index (χ3v) is 4.18. The van der Waals surface area contributed by atoms with Crippen LogP contribution in [-0.4, -0.2) is 32.3 Å². The summed E-state index contributed by atoms with van der Waals surface area (Å²) in [5, 5.41) is 7.55.